The van der Waals surface area contributed by atoms with E-state index in [2.05, 4.69) is 10.1 Å². The summed E-state index contributed by atoms with van der Waals surface area (Å²) in [6, 6.07) is 12.1. The molecule has 0 amide bonds. The van der Waals surface area contributed by atoms with Crippen molar-refractivity contribution in [2.45, 2.75) is 13.8 Å². The van der Waals surface area contributed by atoms with Gasteiger partial charge >= 0.3 is 5.97 Å². The number of benzene rings is 2. The van der Waals surface area contributed by atoms with Crippen molar-refractivity contribution in [1.29, 1.82) is 0 Å². The number of carbonyl (C=O) groups excluding carboxylic acids is 1. The summed E-state index contributed by atoms with van der Waals surface area (Å²) in [7, 11) is 1.48. The Kier molecular flexibility index (Phi) is 4.79. The lowest BCUT2D eigenvalue weighted by Crippen LogP contribution is -2.20. The van der Waals surface area contributed by atoms with E-state index in [1.54, 1.807) is 43.3 Å². The number of hydrogen-bond acceptors (Lipinski definition) is 6. The third-order valence-corrected chi connectivity index (χ3v) is 3.68. The molecule has 7 nitrogen and oxygen atoms in total. The number of methoxy groups -OCH3 is 1. The highest BCUT2D eigenvalue weighted by Crippen LogP contribution is 2.27. The van der Waals surface area contributed by atoms with Crippen LogP contribution in [0.1, 0.15) is 18.3 Å². The van der Waals surface area contributed by atoms with Gasteiger partial charge in [0.2, 0.25) is 0 Å². The van der Waals surface area contributed by atoms with Gasteiger partial charge in [-0.15, -0.1) is 0 Å². The van der Waals surface area contributed by atoms with Gasteiger partial charge in [-0.2, -0.15) is 9.78 Å². The number of aromatic nitrogens is 2. The average molecular weight is 351 g/mol. The van der Waals surface area contributed by atoms with Gasteiger partial charge < -0.3 is 9.47 Å². The molecule has 0 radical (unpaired) electrons. The van der Waals surface area contributed by atoms with Crippen LogP contribution < -0.4 is 15.0 Å². The Labute approximate surface area is 149 Å². The lowest BCUT2D eigenvalue weighted by Gasteiger charge is -2.08. The number of carbonyl (C=O) groups is 1. The van der Waals surface area contributed by atoms with E-state index in [0.29, 0.717) is 33.8 Å². The minimum Gasteiger partial charge on any atom is -0.493 e. The molecule has 3 aromatic rings. The van der Waals surface area contributed by atoms with Crippen LogP contribution in [0, 0.1) is 6.92 Å². The third-order valence-electron chi connectivity index (χ3n) is 3.68. The van der Waals surface area contributed by atoms with Crippen LogP contribution in [0.5, 0.6) is 11.5 Å². The number of aryl methyl sites for hydroxylation is 1. The number of fused-ring (bicyclic) bond motifs is 1. The van der Waals surface area contributed by atoms with Crippen molar-refractivity contribution in [3.8, 4) is 11.5 Å². The average Bonchev–Trinajstić information content (AvgIpc) is 2.62. The van der Waals surface area contributed by atoms with Crippen molar-refractivity contribution in [2.24, 2.45) is 5.10 Å². The van der Waals surface area contributed by atoms with Crippen LogP contribution >= 0.6 is 0 Å². The van der Waals surface area contributed by atoms with Gasteiger partial charge in [-0.05, 0) is 42.8 Å². The first-order chi connectivity index (χ1) is 12.5. The van der Waals surface area contributed by atoms with Crippen LogP contribution in [0.2, 0.25) is 0 Å². The quantitative estimate of drug-likeness (QED) is 0.410. The molecule has 0 aliphatic heterocycles. The van der Waals surface area contributed by atoms with E-state index in [4.69, 9.17) is 9.47 Å². The molecule has 3 rings (SSSR count). The van der Waals surface area contributed by atoms with Gasteiger partial charge in [0.05, 0.1) is 24.2 Å². The second-order valence-corrected chi connectivity index (χ2v) is 5.54. The van der Waals surface area contributed by atoms with Crippen molar-refractivity contribution in [1.82, 2.24) is 9.66 Å². The number of nitrogens with zero attached hydrogens (tertiary/aromatic N) is 3. The van der Waals surface area contributed by atoms with E-state index >= 15 is 0 Å². The summed E-state index contributed by atoms with van der Waals surface area (Å²) >= 11 is 0. The molecule has 0 saturated carbocycles. The lowest BCUT2D eigenvalue weighted by molar-refractivity contribution is -0.132. The van der Waals surface area contributed by atoms with Crippen LogP contribution in [-0.2, 0) is 4.79 Å². The lowest BCUT2D eigenvalue weighted by atomic mass is 10.2. The molecule has 26 heavy (non-hydrogen) atoms. The molecule has 1 aromatic heterocycles. The zero-order valence-corrected chi connectivity index (χ0v) is 14.6. The predicted octanol–water partition coefficient (Wildman–Crippen LogP) is 2.52. The fourth-order valence-electron chi connectivity index (χ4n) is 2.50. The van der Waals surface area contributed by atoms with E-state index < -0.39 is 5.97 Å². The van der Waals surface area contributed by atoms with Gasteiger partial charge in [-0.1, -0.05) is 12.1 Å². The summed E-state index contributed by atoms with van der Waals surface area (Å²) in [6.07, 6.45) is 1.52. The maximum absolute atomic E-state index is 12.6. The Morgan fingerprint density at radius 1 is 1.19 bits per heavy atom. The molecule has 7 heteroatoms. The predicted molar refractivity (Wildman–Crippen MR) is 98.0 cm³/mol. The second kappa shape index (κ2) is 7.18. The molecule has 0 atom stereocenters. The minimum atomic E-state index is -0.436. The maximum atomic E-state index is 12.6. The molecule has 0 saturated heterocycles. The van der Waals surface area contributed by atoms with E-state index in [9.17, 15) is 9.59 Å². The van der Waals surface area contributed by atoms with Gasteiger partial charge in [0.15, 0.2) is 11.5 Å². The molecule has 0 aliphatic carbocycles. The fraction of sp³-hybridized carbons (Fsp3) is 0.158. The summed E-state index contributed by atoms with van der Waals surface area (Å²) in [5.41, 5.74) is 1.07. The van der Waals surface area contributed by atoms with Crippen molar-refractivity contribution in [2.75, 3.05) is 7.11 Å². The Hall–Kier alpha value is -3.48. The molecular weight excluding hydrogens is 334 g/mol. The Morgan fingerprint density at radius 2 is 1.96 bits per heavy atom. The van der Waals surface area contributed by atoms with Gasteiger partial charge in [-0.25, -0.2) is 4.98 Å². The normalized spacial score (nSPS) is 11.0. The molecule has 0 spiro atoms. The SMILES string of the molecule is COc1cc(C=Nn2c(C)nc3ccccc3c2=O)ccc1OC(C)=O. The number of para-hydroxylation sites is 1. The summed E-state index contributed by atoms with van der Waals surface area (Å²) < 4.78 is 11.5. The maximum Gasteiger partial charge on any atom is 0.308 e. The first kappa shape index (κ1) is 17.3. The van der Waals surface area contributed by atoms with Crippen LogP contribution in [-0.4, -0.2) is 29.0 Å². The molecule has 0 unspecified atom stereocenters. The summed E-state index contributed by atoms with van der Waals surface area (Å²) in [4.78, 5) is 28.1. The zero-order valence-electron chi connectivity index (χ0n) is 14.6. The molecule has 0 aliphatic rings. The highest BCUT2D eigenvalue weighted by atomic mass is 16.6. The van der Waals surface area contributed by atoms with Crippen LogP contribution in [0.15, 0.2) is 52.4 Å². The Bertz CT molecular complexity index is 1070. The van der Waals surface area contributed by atoms with Crippen LogP contribution in [0.4, 0.5) is 0 Å². The standard InChI is InChI=1S/C19H17N3O4/c1-12-21-16-7-5-4-6-15(16)19(24)22(12)20-11-14-8-9-17(26-13(2)23)18(10-14)25-3/h4-11H,1-3H3. The molecule has 0 N–H and O–H groups in total. The van der Waals surface area contributed by atoms with Crippen LogP contribution in [0.25, 0.3) is 10.9 Å². The minimum absolute atomic E-state index is 0.243. The molecule has 1 heterocycles. The smallest absolute Gasteiger partial charge is 0.308 e. The van der Waals surface area contributed by atoms with Gasteiger partial charge in [-0.3, -0.25) is 9.59 Å². The van der Waals surface area contributed by atoms with E-state index in [-0.39, 0.29) is 5.56 Å². The third kappa shape index (κ3) is 3.46. The monoisotopic (exact) mass is 351 g/mol. The number of rotatable bonds is 4. The fourth-order valence-corrected chi connectivity index (χ4v) is 2.50. The van der Waals surface area contributed by atoms with Crippen molar-refractivity contribution >= 4 is 23.1 Å². The van der Waals surface area contributed by atoms with Crippen LogP contribution in [0.3, 0.4) is 0 Å². The highest BCUT2D eigenvalue weighted by molar-refractivity contribution is 5.82. The molecule has 0 fully saturated rings. The van der Waals surface area contributed by atoms with Crippen molar-refractivity contribution in [3.05, 3.63) is 64.2 Å². The number of hydrogen-bond donors (Lipinski definition) is 0. The second-order valence-electron chi connectivity index (χ2n) is 5.54. The molecule has 0 bridgehead atoms. The Morgan fingerprint density at radius 3 is 2.69 bits per heavy atom. The summed E-state index contributed by atoms with van der Waals surface area (Å²) in [5, 5.41) is 4.74. The Balaban J connectivity index is 1.99. The zero-order chi connectivity index (χ0) is 18.7. The van der Waals surface area contributed by atoms with E-state index in [1.807, 2.05) is 6.07 Å². The molecule has 132 valence electrons. The summed E-state index contributed by atoms with van der Waals surface area (Å²) in [5.74, 6) is 0.755. The highest BCUT2D eigenvalue weighted by Gasteiger charge is 2.09. The van der Waals surface area contributed by atoms with Crippen molar-refractivity contribution < 1.29 is 14.3 Å². The number of ether oxygens (including phenoxy) is 2. The van der Waals surface area contributed by atoms with E-state index in [0.717, 1.165) is 0 Å². The molecule has 2 aromatic carbocycles. The van der Waals surface area contributed by atoms with Gasteiger partial charge in [0.25, 0.3) is 5.56 Å². The topological polar surface area (TPSA) is 82.8 Å². The van der Waals surface area contributed by atoms with Gasteiger partial charge in [0.1, 0.15) is 5.82 Å². The molecular formula is C19H17N3O4. The first-order valence-corrected chi connectivity index (χ1v) is 7.89. The largest absolute Gasteiger partial charge is 0.493 e. The van der Waals surface area contributed by atoms with Gasteiger partial charge in [0, 0.05) is 6.92 Å². The van der Waals surface area contributed by atoms with E-state index in [1.165, 1.54) is 24.9 Å². The first-order valence-electron chi connectivity index (χ1n) is 7.89. The summed E-state index contributed by atoms with van der Waals surface area (Å²) in [6.45, 7) is 3.03. The van der Waals surface area contributed by atoms with Crippen molar-refractivity contribution in [3.63, 3.8) is 0 Å². The number of esters is 1.